The van der Waals surface area contributed by atoms with Gasteiger partial charge in [0.1, 0.15) is 0 Å². The highest BCUT2D eigenvalue weighted by molar-refractivity contribution is 7.99. The van der Waals surface area contributed by atoms with Gasteiger partial charge >= 0.3 is 12.1 Å². The van der Waals surface area contributed by atoms with E-state index in [-0.39, 0.29) is 0 Å². The Morgan fingerprint density at radius 2 is 2.10 bits per heavy atom. The fourth-order valence-electron chi connectivity index (χ4n) is 1.50. The standard InChI is InChI=1S/C14H15F3O2S/c1-3-10(13(18)19-2)7-8-20-12-6-4-5-11(9-12)14(15,16)17/h4-7,9H,3,8H2,1-2H3. The van der Waals surface area contributed by atoms with Crippen LogP contribution in [0.5, 0.6) is 0 Å². The van der Waals surface area contributed by atoms with Crippen molar-refractivity contribution in [2.45, 2.75) is 24.4 Å². The topological polar surface area (TPSA) is 26.3 Å². The van der Waals surface area contributed by atoms with Gasteiger partial charge in [0, 0.05) is 16.2 Å². The van der Waals surface area contributed by atoms with Crippen molar-refractivity contribution in [2.75, 3.05) is 12.9 Å². The van der Waals surface area contributed by atoms with E-state index in [0.29, 0.717) is 22.6 Å². The Hall–Kier alpha value is -1.43. The highest BCUT2D eigenvalue weighted by atomic mass is 32.2. The Bertz CT molecular complexity index is 495. The molecule has 1 aromatic rings. The zero-order valence-electron chi connectivity index (χ0n) is 11.2. The predicted octanol–water partition coefficient (Wildman–Crippen LogP) is 4.31. The summed E-state index contributed by atoms with van der Waals surface area (Å²) < 4.78 is 42.2. The van der Waals surface area contributed by atoms with E-state index in [1.54, 1.807) is 12.1 Å². The van der Waals surface area contributed by atoms with Crippen molar-refractivity contribution in [3.8, 4) is 0 Å². The number of alkyl halides is 3. The van der Waals surface area contributed by atoms with Crippen LogP contribution in [-0.2, 0) is 15.7 Å². The molecule has 0 fully saturated rings. The Balaban J connectivity index is 2.71. The molecule has 0 N–H and O–H groups in total. The monoisotopic (exact) mass is 304 g/mol. The zero-order chi connectivity index (χ0) is 15.2. The van der Waals surface area contributed by atoms with Crippen molar-refractivity contribution in [3.05, 3.63) is 41.5 Å². The summed E-state index contributed by atoms with van der Waals surface area (Å²) in [6, 6.07) is 5.11. The van der Waals surface area contributed by atoms with Crippen LogP contribution in [-0.4, -0.2) is 18.8 Å². The molecule has 0 amide bonds. The summed E-state index contributed by atoms with van der Waals surface area (Å²) in [7, 11) is 1.30. The minimum absolute atomic E-state index is 0.405. The first-order valence-corrected chi connectivity index (χ1v) is 6.94. The number of carbonyl (C=O) groups is 1. The van der Waals surface area contributed by atoms with Crippen molar-refractivity contribution < 1.29 is 22.7 Å². The molecular weight excluding hydrogens is 289 g/mol. The minimum atomic E-state index is -4.34. The normalized spacial score (nSPS) is 12.3. The quantitative estimate of drug-likeness (QED) is 0.461. The Morgan fingerprint density at radius 3 is 2.65 bits per heavy atom. The molecule has 0 aliphatic rings. The van der Waals surface area contributed by atoms with Crippen molar-refractivity contribution in [2.24, 2.45) is 0 Å². The number of benzene rings is 1. The maximum atomic E-state index is 12.5. The van der Waals surface area contributed by atoms with Crippen LogP contribution in [0.15, 0.2) is 40.8 Å². The van der Waals surface area contributed by atoms with Crippen molar-refractivity contribution in [1.29, 1.82) is 0 Å². The van der Waals surface area contributed by atoms with Gasteiger partial charge in [-0.3, -0.25) is 0 Å². The lowest BCUT2D eigenvalue weighted by Crippen LogP contribution is -2.05. The molecule has 6 heteroatoms. The molecule has 0 heterocycles. The number of halogens is 3. The van der Waals surface area contributed by atoms with Gasteiger partial charge in [0.25, 0.3) is 0 Å². The third kappa shape index (κ3) is 4.92. The van der Waals surface area contributed by atoms with Crippen LogP contribution in [0, 0.1) is 0 Å². The lowest BCUT2D eigenvalue weighted by atomic mass is 10.2. The van der Waals surface area contributed by atoms with E-state index in [1.165, 1.54) is 24.9 Å². The fourth-order valence-corrected chi connectivity index (χ4v) is 2.37. The molecule has 0 aromatic heterocycles. The van der Waals surface area contributed by atoms with Gasteiger partial charge in [0.05, 0.1) is 12.7 Å². The molecule has 0 bridgehead atoms. The number of hydrogen-bond acceptors (Lipinski definition) is 3. The van der Waals surface area contributed by atoms with Crippen molar-refractivity contribution in [1.82, 2.24) is 0 Å². The van der Waals surface area contributed by atoms with Gasteiger partial charge in [-0.05, 0) is 24.6 Å². The SMILES string of the molecule is CCC(=CCSc1cccc(C(F)(F)F)c1)C(=O)OC. The van der Waals surface area contributed by atoms with Gasteiger partial charge < -0.3 is 4.74 Å². The molecule has 0 saturated heterocycles. The Morgan fingerprint density at radius 1 is 1.40 bits per heavy atom. The third-order valence-corrected chi connectivity index (χ3v) is 3.49. The molecule has 0 unspecified atom stereocenters. The van der Waals surface area contributed by atoms with Crippen LogP contribution in [0.25, 0.3) is 0 Å². The summed E-state index contributed by atoms with van der Waals surface area (Å²) in [6.07, 6.45) is -2.14. The second kappa shape index (κ2) is 7.38. The molecule has 1 aromatic carbocycles. The van der Waals surface area contributed by atoms with Crippen LogP contribution in [0.3, 0.4) is 0 Å². The van der Waals surface area contributed by atoms with E-state index >= 15 is 0 Å². The van der Waals surface area contributed by atoms with E-state index in [2.05, 4.69) is 4.74 Å². The molecule has 2 nitrogen and oxygen atoms in total. The van der Waals surface area contributed by atoms with Crippen LogP contribution in [0.2, 0.25) is 0 Å². The van der Waals surface area contributed by atoms with E-state index in [0.717, 1.165) is 12.1 Å². The van der Waals surface area contributed by atoms with Gasteiger partial charge in [-0.2, -0.15) is 13.2 Å². The number of esters is 1. The number of carbonyl (C=O) groups excluding carboxylic acids is 1. The highest BCUT2D eigenvalue weighted by Crippen LogP contribution is 2.31. The molecule has 0 spiro atoms. The van der Waals surface area contributed by atoms with Crippen LogP contribution in [0.1, 0.15) is 18.9 Å². The van der Waals surface area contributed by atoms with Gasteiger partial charge in [-0.15, -0.1) is 11.8 Å². The summed E-state index contributed by atoms with van der Waals surface area (Å²) in [5.41, 5.74) is -0.151. The first kappa shape index (κ1) is 16.6. The average Bonchev–Trinajstić information content (AvgIpc) is 2.42. The fraction of sp³-hybridized carbons (Fsp3) is 0.357. The zero-order valence-corrected chi connectivity index (χ0v) is 12.0. The molecule has 1 rings (SSSR count). The molecule has 0 radical (unpaired) electrons. The number of methoxy groups -OCH3 is 1. The first-order chi connectivity index (χ1) is 9.38. The number of hydrogen-bond donors (Lipinski definition) is 0. The van der Waals surface area contributed by atoms with Crippen molar-refractivity contribution in [3.63, 3.8) is 0 Å². The van der Waals surface area contributed by atoms with Gasteiger partial charge in [-0.1, -0.05) is 19.1 Å². The van der Waals surface area contributed by atoms with Crippen LogP contribution >= 0.6 is 11.8 Å². The van der Waals surface area contributed by atoms with Crippen molar-refractivity contribution >= 4 is 17.7 Å². The van der Waals surface area contributed by atoms with E-state index in [9.17, 15) is 18.0 Å². The van der Waals surface area contributed by atoms with Gasteiger partial charge in [0.2, 0.25) is 0 Å². The first-order valence-electron chi connectivity index (χ1n) is 5.96. The molecule has 0 aliphatic carbocycles. The van der Waals surface area contributed by atoms with Crippen LogP contribution < -0.4 is 0 Å². The summed E-state index contributed by atoms with van der Waals surface area (Å²) in [5, 5.41) is 0. The Kier molecular flexibility index (Phi) is 6.13. The number of ether oxygens (including phenoxy) is 1. The largest absolute Gasteiger partial charge is 0.466 e. The van der Waals surface area contributed by atoms with E-state index in [4.69, 9.17) is 0 Å². The summed E-state index contributed by atoms with van der Waals surface area (Å²) in [6.45, 7) is 1.82. The summed E-state index contributed by atoms with van der Waals surface area (Å²) in [4.78, 5) is 11.8. The number of thioether (sulfide) groups is 1. The van der Waals surface area contributed by atoms with E-state index < -0.39 is 17.7 Å². The second-order valence-electron chi connectivity index (χ2n) is 3.91. The maximum Gasteiger partial charge on any atom is 0.416 e. The number of rotatable bonds is 5. The lowest BCUT2D eigenvalue weighted by molar-refractivity contribution is -0.138. The molecule has 20 heavy (non-hydrogen) atoms. The third-order valence-electron chi connectivity index (χ3n) is 2.57. The highest BCUT2D eigenvalue weighted by Gasteiger charge is 2.30. The Labute approximate surface area is 120 Å². The molecule has 0 saturated carbocycles. The maximum absolute atomic E-state index is 12.5. The van der Waals surface area contributed by atoms with Gasteiger partial charge in [-0.25, -0.2) is 4.79 Å². The molecule has 0 atom stereocenters. The lowest BCUT2D eigenvalue weighted by Gasteiger charge is -2.08. The minimum Gasteiger partial charge on any atom is -0.466 e. The predicted molar refractivity (Wildman–Crippen MR) is 72.6 cm³/mol. The van der Waals surface area contributed by atoms with E-state index in [1.807, 2.05) is 6.92 Å². The molecule has 0 aliphatic heterocycles. The smallest absolute Gasteiger partial charge is 0.416 e. The second-order valence-corrected chi connectivity index (χ2v) is 5.00. The average molecular weight is 304 g/mol. The molecular formula is C14H15F3O2S. The molecule has 110 valence electrons. The summed E-state index contributed by atoms with van der Waals surface area (Å²) in [5.74, 6) is 0.0108. The van der Waals surface area contributed by atoms with Gasteiger partial charge in [0.15, 0.2) is 0 Å². The summed E-state index contributed by atoms with van der Waals surface area (Å²) >= 11 is 1.24. The van der Waals surface area contributed by atoms with Crippen LogP contribution in [0.4, 0.5) is 13.2 Å².